The number of nitrogens with one attached hydrogen (secondary N) is 1. The molecule has 0 aromatic heterocycles. The molecule has 0 radical (unpaired) electrons. The summed E-state index contributed by atoms with van der Waals surface area (Å²) in [5, 5.41) is 3.07. The van der Waals surface area contributed by atoms with Gasteiger partial charge in [0.2, 0.25) is 0 Å². The molecule has 0 spiro atoms. The van der Waals surface area contributed by atoms with E-state index in [0.29, 0.717) is 19.0 Å². The average Bonchev–Trinajstić information content (AvgIpc) is 2.21. The monoisotopic (exact) mass is 240 g/mol. The molecule has 0 saturated carbocycles. The highest BCUT2D eigenvalue weighted by atomic mass is 32.1. The summed E-state index contributed by atoms with van der Waals surface area (Å²) in [6.45, 7) is 5.03. The van der Waals surface area contributed by atoms with E-state index in [0.717, 1.165) is 11.4 Å². The Labute approximate surface area is 101 Å². The maximum atomic E-state index is 5.46. The molecule has 0 aliphatic carbocycles. The fourth-order valence-electron chi connectivity index (χ4n) is 1.27. The zero-order valence-electron chi connectivity index (χ0n) is 9.45. The number of thiocarbonyl (C=S) groups is 1. The van der Waals surface area contributed by atoms with Gasteiger partial charge in [-0.05, 0) is 38.2 Å². The first-order valence-electron chi connectivity index (χ1n) is 5.13. The molecule has 0 atom stereocenters. The first kappa shape index (κ1) is 12.6. The molecule has 0 unspecified atom stereocenters. The summed E-state index contributed by atoms with van der Waals surface area (Å²) < 4.78 is 10.9. The van der Waals surface area contributed by atoms with Crippen molar-refractivity contribution in [3.8, 4) is 11.5 Å². The van der Waals surface area contributed by atoms with Crippen LogP contribution in [0.25, 0.3) is 0 Å². The van der Waals surface area contributed by atoms with Gasteiger partial charge < -0.3 is 20.5 Å². The van der Waals surface area contributed by atoms with Gasteiger partial charge in [-0.25, -0.2) is 0 Å². The van der Waals surface area contributed by atoms with Crippen molar-refractivity contribution in [1.82, 2.24) is 0 Å². The Morgan fingerprint density at radius 3 is 2.44 bits per heavy atom. The van der Waals surface area contributed by atoms with Gasteiger partial charge in [0.05, 0.1) is 13.2 Å². The van der Waals surface area contributed by atoms with E-state index in [1.807, 2.05) is 32.0 Å². The molecule has 5 heteroatoms. The lowest BCUT2D eigenvalue weighted by Crippen LogP contribution is -2.18. The van der Waals surface area contributed by atoms with Gasteiger partial charge in [-0.3, -0.25) is 0 Å². The molecule has 4 nitrogen and oxygen atoms in total. The Morgan fingerprint density at radius 2 is 1.88 bits per heavy atom. The van der Waals surface area contributed by atoms with Crippen LogP contribution in [-0.2, 0) is 0 Å². The van der Waals surface area contributed by atoms with E-state index >= 15 is 0 Å². The molecule has 1 aromatic carbocycles. The highest BCUT2D eigenvalue weighted by Gasteiger charge is 2.06. The lowest BCUT2D eigenvalue weighted by atomic mass is 10.2. The second kappa shape index (κ2) is 6.17. The van der Waals surface area contributed by atoms with Crippen LogP contribution in [0.2, 0.25) is 0 Å². The first-order chi connectivity index (χ1) is 7.67. The second-order valence-electron chi connectivity index (χ2n) is 3.02. The molecule has 1 aromatic rings. The first-order valence-corrected chi connectivity index (χ1v) is 5.54. The van der Waals surface area contributed by atoms with E-state index in [9.17, 15) is 0 Å². The number of hydrogen-bond donors (Lipinski definition) is 2. The number of rotatable bonds is 5. The maximum Gasteiger partial charge on any atom is 0.168 e. The van der Waals surface area contributed by atoms with Crippen LogP contribution in [-0.4, -0.2) is 18.3 Å². The van der Waals surface area contributed by atoms with Crippen molar-refractivity contribution in [2.75, 3.05) is 18.5 Å². The predicted octanol–water partition coefficient (Wildman–Crippen LogP) is 2.14. The predicted molar refractivity (Wildman–Crippen MR) is 69.2 cm³/mol. The minimum Gasteiger partial charge on any atom is -0.490 e. The molecule has 0 saturated heterocycles. The molecule has 16 heavy (non-hydrogen) atoms. The smallest absolute Gasteiger partial charge is 0.168 e. The van der Waals surface area contributed by atoms with Crippen LogP contribution >= 0.6 is 12.2 Å². The van der Waals surface area contributed by atoms with Crippen molar-refractivity contribution in [3.63, 3.8) is 0 Å². The molecule has 0 heterocycles. The largest absolute Gasteiger partial charge is 0.490 e. The zero-order chi connectivity index (χ0) is 12.0. The highest BCUT2D eigenvalue weighted by molar-refractivity contribution is 7.80. The third-order valence-corrected chi connectivity index (χ3v) is 1.91. The van der Waals surface area contributed by atoms with Crippen LogP contribution in [0.15, 0.2) is 18.2 Å². The number of benzene rings is 1. The summed E-state index contributed by atoms with van der Waals surface area (Å²) in [5.41, 5.74) is 6.18. The Bertz CT molecular complexity index is 369. The molecule has 0 bridgehead atoms. The summed E-state index contributed by atoms with van der Waals surface area (Å²) in [6, 6.07) is 5.48. The van der Waals surface area contributed by atoms with Crippen molar-refractivity contribution in [2.45, 2.75) is 13.8 Å². The lowest BCUT2D eigenvalue weighted by molar-refractivity contribution is 0.288. The van der Waals surface area contributed by atoms with Crippen molar-refractivity contribution in [1.29, 1.82) is 0 Å². The van der Waals surface area contributed by atoms with Gasteiger partial charge in [0, 0.05) is 11.8 Å². The van der Waals surface area contributed by atoms with E-state index in [1.54, 1.807) is 0 Å². The molecular weight excluding hydrogens is 224 g/mol. The van der Waals surface area contributed by atoms with Crippen LogP contribution < -0.4 is 20.5 Å². The van der Waals surface area contributed by atoms with Gasteiger partial charge in [-0.1, -0.05) is 0 Å². The molecule has 0 amide bonds. The SMILES string of the molecule is CCOc1ccc(NC(N)=S)cc1OCC. The van der Waals surface area contributed by atoms with E-state index < -0.39 is 0 Å². The van der Waals surface area contributed by atoms with Crippen molar-refractivity contribution in [2.24, 2.45) is 5.73 Å². The summed E-state index contributed by atoms with van der Waals surface area (Å²) in [6.07, 6.45) is 0. The fourth-order valence-corrected chi connectivity index (χ4v) is 1.39. The quantitative estimate of drug-likeness (QED) is 0.772. The number of anilines is 1. The molecule has 0 aliphatic heterocycles. The third-order valence-electron chi connectivity index (χ3n) is 1.81. The standard InChI is InChI=1S/C11H16N2O2S/c1-3-14-9-6-5-8(13-11(12)16)7-10(9)15-4-2/h5-7H,3-4H2,1-2H3,(H3,12,13,16). The molecule has 0 fully saturated rings. The Balaban J connectivity index is 2.92. The average molecular weight is 240 g/mol. The zero-order valence-corrected chi connectivity index (χ0v) is 10.3. The van der Waals surface area contributed by atoms with Crippen LogP contribution in [0.1, 0.15) is 13.8 Å². The Hall–Kier alpha value is -1.49. The number of hydrogen-bond acceptors (Lipinski definition) is 3. The van der Waals surface area contributed by atoms with Gasteiger partial charge in [0.15, 0.2) is 16.6 Å². The van der Waals surface area contributed by atoms with Gasteiger partial charge in [0.1, 0.15) is 0 Å². The van der Waals surface area contributed by atoms with Crippen LogP contribution in [0.5, 0.6) is 11.5 Å². The molecule has 1 rings (SSSR count). The number of ether oxygens (including phenoxy) is 2. The number of nitrogens with two attached hydrogens (primary N) is 1. The van der Waals surface area contributed by atoms with E-state index in [4.69, 9.17) is 27.4 Å². The van der Waals surface area contributed by atoms with Crippen LogP contribution in [0.4, 0.5) is 5.69 Å². The minimum absolute atomic E-state index is 0.228. The molecule has 0 aliphatic rings. The third kappa shape index (κ3) is 3.58. The lowest BCUT2D eigenvalue weighted by Gasteiger charge is -2.12. The fraction of sp³-hybridized carbons (Fsp3) is 0.364. The van der Waals surface area contributed by atoms with Crippen LogP contribution in [0.3, 0.4) is 0 Å². The molecular formula is C11H16N2O2S. The molecule has 3 N–H and O–H groups in total. The van der Waals surface area contributed by atoms with Gasteiger partial charge in [-0.2, -0.15) is 0 Å². The van der Waals surface area contributed by atoms with Crippen molar-refractivity contribution in [3.05, 3.63) is 18.2 Å². The Kier molecular flexibility index (Phi) is 4.85. The van der Waals surface area contributed by atoms with E-state index in [2.05, 4.69) is 5.32 Å². The van der Waals surface area contributed by atoms with Crippen molar-refractivity contribution < 1.29 is 9.47 Å². The summed E-state index contributed by atoms with van der Waals surface area (Å²) >= 11 is 4.76. The van der Waals surface area contributed by atoms with Gasteiger partial charge >= 0.3 is 0 Å². The van der Waals surface area contributed by atoms with Gasteiger partial charge in [-0.15, -0.1) is 0 Å². The normalized spacial score (nSPS) is 9.62. The minimum atomic E-state index is 0.228. The van der Waals surface area contributed by atoms with E-state index in [1.165, 1.54) is 0 Å². The molecule has 88 valence electrons. The van der Waals surface area contributed by atoms with E-state index in [-0.39, 0.29) is 5.11 Å². The topological polar surface area (TPSA) is 56.5 Å². The van der Waals surface area contributed by atoms with Crippen molar-refractivity contribution >= 4 is 23.0 Å². The highest BCUT2D eigenvalue weighted by Crippen LogP contribution is 2.30. The maximum absolute atomic E-state index is 5.46. The summed E-state index contributed by atoms with van der Waals surface area (Å²) in [7, 11) is 0. The van der Waals surface area contributed by atoms with Gasteiger partial charge in [0.25, 0.3) is 0 Å². The Morgan fingerprint density at radius 1 is 1.25 bits per heavy atom. The second-order valence-corrected chi connectivity index (χ2v) is 3.46. The summed E-state index contributed by atoms with van der Waals surface area (Å²) in [4.78, 5) is 0. The van der Waals surface area contributed by atoms with Crippen LogP contribution in [0, 0.1) is 0 Å². The summed E-state index contributed by atoms with van der Waals surface area (Å²) in [5.74, 6) is 1.41.